The highest BCUT2D eigenvalue weighted by Crippen LogP contribution is 1.96. The molecule has 1 unspecified atom stereocenters. The van der Waals surface area contributed by atoms with E-state index in [1.807, 2.05) is 0 Å². The fourth-order valence-electron chi connectivity index (χ4n) is 0.690. The summed E-state index contributed by atoms with van der Waals surface area (Å²) in [6.07, 6.45) is -1.37. The molecular weight excluding hydrogens is 292 g/mol. The summed E-state index contributed by atoms with van der Waals surface area (Å²) < 4.78 is 59.7. The van der Waals surface area contributed by atoms with Gasteiger partial charge in [0.2, 0.25) is 0 Å². The van der Waals surface area contributed by atoms with Crippen molar-refractivity contribution in [2.45, 2.75) is 13.0 Å². The molecule has 0 aromatic heterocycles. The Hall–Kier alpha value is -0.750. The second kappa shape index (κ2) is 6.99. The molecule has 0 aromatic rings. The zero-order valence-corrected chi connectivity index (χ0v) is 11.1. The van der Waals surface area contributed by atoms with Crippen LogP contribution in [0.1, 0.15) is 6.92 Å². The summed E-state index contributed by atoms with van der Waals surface area (Å²) >= 11 is 0. The molecular formula is C7H14O9S2. The van der Waals surface area contributed by atoms with E-state index in [1.165, 1.54) is 0 Å². The minimum atomic E-state index is -4.30. The van der Waals surface area contributed by atoms with Gasteiger partial charge in [-0.05, 0) is 6.92 Å². The third kappa shape index (κ3) is 9.30. The van der Waals surface area contributed by atoms with Gasteiger partial charge in [0.1, 0.15) is 24.2 Å². The number of rotatable bonds is 8. The first-order chi connectivity index (χ1) is 8.03. The number of ether oxygens (including phenoxy) is 1. The summed E-state index contributed by atoms with van der Waals surface area (Å²) in [5, 5.41) is 8.73. The maximum atomic E-state index is 11.1. The Morgan fingerprint density at radius 2 is 1.72 bits per heavy atom. The van der Waals surface area contributed by atoms with E-state index in [2.05, 4.69) is 8.92 Å². The number of aliphatic hydroxyl groups is 1. The van der Waals surface area contributed by atoms with Crippen molar-refractivity contribution >= 4 is 26.2 Å². The molecule has 0 aliphatic carbocycles. The number of aliphatic hydroxyl groups excluding tert-OH is 1. The van der Waals surface area contributed by atoms with E-state index in [0.717, 1.165) is 6.92 Å². The first kappa shape index (κ1) is 17.2. The molecule has 0 saturated heterocycles. The average Bonchev–Trinajstić information content (AvgIpc) is 2.14. The largest absolute Gasteiger partial charge is 0.463 e. The number of esters is 1. The zero-order valence-electron chi connectivity index (χ0n) is 9.47. The standard InChI is InChI=1S/C7H14O9S2/c1-6(8)7(9)15-2-5-18(13,14)16-3-4-17(10,11)12/h6,8H,2-5H2,1H3,(H,10,11,12). The van der Waals surface area contributed by atoms with E-state index in [9.17, 15) is 21.6 Å². The van der Waals surface area contributed by atoms with Crippen molar-refractivity contribution in [3.05, 3.63) is 0 Å². The quantitative estimate of drug-likeness (QED) is 0.299. The van der Waals surface area contributed by atoms with Gasteiger partial charge in [0.15, 0.2) is 0 Å². The molecule has 2 N–H and O–H groups in total. The molecule has 0 heterocycles. The predicted octanol–water partition coefficient (Wildman–Crippen LogP) is -1.86. The smallest absolute Gasteiger partial charge is 0.334 e. The van der Waals surface area contributed by atoms with Gasteiger partial charge >= 0.3 is 5.97 Å². The maximum Gasteiger partial charge on any atom is 0.334 e. The monoisotopic (exact) mass is 306 g/mol. The Balaban J connectivity index is 3.99. The highest BCUT2D eigenvalue weighted by molar-refractivity contribution is 7.87. The van der Waals surface area contributed by atoms with E-state index in [1.54, 1.807) is 0 Å². The van der Waals surface area contributed by atoms with E-state index in [0.29, 0.717) is 0 Å². The second-order valence-electron chi connectivity index (χ2n) is 3.21. The fraction of sp³-hybridized carbons (Fsp3) is 0.857. The average molecular weight is 306 g/mol. The molecule has 1 atom stereocenters. The van der Waals surface area contributed by atoms with Crippen LogP contribution in [-0.4, -0.2) is 63.3 Å². The fourth-order valence-corrected chi connectivity index (χ4v) is 1.83. The molecule has 0 aliphatic rings. The molecule has 108 valence electrons. The van der Waals surface area contributed by atoms with Gasteiger partial charge in [0, 0.05) is 0 Å². The van der Waals surface area contributed by atoms with Gasteiger partial charge in [-0.15, -0.1) is 0 Å². The van der Waals surface area contributed by atoms with Crippen molar-refractivity contribution in [1.82, 2.24) is 0 Å². The highest BCUT2D eigenvalue weighted by Gasteiger charge is 2.16. The molecule has 0 bridgehead atoms. The van der Waals surface area contributed by atoms with Crippen LogP contribution in [0.15, 0.2) is 0 Å². The summed E-state index contributed by atoms with van der Waals surface area (Å²) in [7, 11) is -8.36. The van der Waals surface area contributed by atoms with Crippen LogP contribution in [0.3, 0.4) is 0 Å². The van der Waals surface area contributed by atoms with E-state index < -0.39 is 57.0 Å². The minimum absolute atomic E-state index is 0.530. The van der Waals surface area contributed by atoms with E-state index in [-0.39, 0.29) is 0 Å². The van der Waals surface area contributed by atoms with Gasteiger partial charge in [0.25, 0.3) is 20.2 Å². The van der Waals surface area contributed by atoms with Gasteiger partial charge in [-0.2, -0.15) is 16.8 Å². The summed E-state index contributed by atoms with van der Waals surface area (Å²) in [4.78, 5) is 10.8. The lowest BCUT2D eigenvalue weighted by molar-refractivity contribution is -0.151. The van der Waals surface area contributed by atoms with E-state index in [4.69, 9.17) is 9.66 Å². The third-order valence-electron chi connectivity index (χ3n) is 1.52. The minimum Gasteiger partial charge on any atom is -0.463 e. The van der Waals surface area contributed by atoms with Crippen molar-refractivity contribution in [2.24, 2.45) is 0 Å². The van der Waals surface area contributed by atoms with Gasteiger partial charge in [-0.1, -0.05) is 0 Å². The molecule has 0 radical (unpaired) electrons. The van der Waals surface area contributed by atoms with Crippen LogP contribution < -0.4 is 0 Å². The van der Waals surface area contributed by atoms with Crippen molar-refractivity contribution in [1.29, 1.82) is 0 Å². The second-order valence-corrected chi connectivity index (χ2v) is 6.54. The summed E-state index contributed by atoms with van der Waals surface area (Å²) in [6, 6.07) is 0. The van der Waals surface area contributed by atoms with Crippen molar-refractivity contribution in [3.8, 4) is 0 Å². The topological polar surface area (TPSA) is 144 Å². The lowest BCUT2D eigenvalue weighted by atomic mass is 10.4. The Morgan fingerprint density at radius 3 is 2.17 bits per heavy atom. The summed E-state index contributed by atoms with van der Waals surface area (Å²) in [6.45, 7) is -0.108. The predicted molar refractivity (Wildman–Crippen MR) is 58.8 cm³/mol. The Morgan fingerprint density at radius 1 is 1.17 bits per heavy atom. The van der Waals surface area contributed by atoms with Crippen LogP contribution >= 0.6 is 0 Å². The van der Waals surface area contributed by atoms with Crippen molar-refractivity contribution < 1.29 is 40.2 Å². The molecule has 0 rings (SSSR count). The first-order valence-corrected chi connectivity index (χ1v) is 7.89. The number of carbonyl (C=O) groups is 1. The number of hydrogen-bond acceptors (Lipinski definition) is 8. The molecule has 0 saturated carbocycles. The third-order valence-corrected chi connectivity index (χ3v) is 3.40. The van der Waals surface area contributed by atoms with E-state index >= 15 is 0 Å². The lowest BCUT2D eigenvalue weighted by Gasteiger charge is -2.07. The van der Waals surface area contributed by atoms with Crippen LogP contribution in [0.4, 0.5) is 0 Å². The van der Waals surface area contributed by atoms with Crippen molar-refractivity contribution in [2.75, 3.05) is 24.7 Å². The van der Waals surface area contributed by atoms with Gasteiger partial charge in [-0.3, -0.25) is 8.74 Å². The molecule has 0 amide bonds. The number of hydrogen-bond donors (Lipinski definition) is 2. The lowest BCUT2D eigenvalue weighted by Crippen LogP contribution is -2.24. The Kier molecular flexibility index (Phi) is 6.70. The molecule has 0 aromatic carbocycles. The SMILES string of the molecule is CC(O)C(=O)OCCS(=O)(=O)OCCS(=O)(=O)O. The molecule has 9 nitrogen and oxygen atoms in total. The molecule has 0 spiro atoms. The van der Waals surface area contributed by atoms with Gasteiger partial charge in [-0.25, -0.2) is 4.79 Å². The first-order valence-electron chi connectivity index (χ1n) is 4.70. The maximum absolute atomic E-state index is 11.1. The van der Waals surface area contributed by atoms with Crippen LogP contribution in [0.2, 0.25) is 0 Å². The van der Waals surface area contributed by atoms with Crippen LogP contribution in [0.25, 0.3) is 0 Å². The van der Waals surface area contributed by atoms with Crippen LogP contribution in [0, 0.1) is 0 Å². The normalized spacial score (nSPS) is 14.2. The van der Waals surface area contributed by atoms with Crippen LogP contribution in [-0.2, 0) is 34.0 Å². The molecule has 11 heteroatoms. The van der Waals surface area contributed by atoms with Crippen molar-refractivity contribution in [3.63, 3.8) is 0 Å². The summed E-state index contributed by atoms with van der Waals surface area (Å²) in [5.74, 6) is -2.53. The zero-order chi connectivity index (χ0) is 14.4. The molecule has 18 heavy (non-hydrogen) atoms. The van der Waals surface area contributed by atoms with Gasteiger partial charge < -0.3 is 9.84 Å². The molecule has 0 fully saturated rings. The number of carbonyl (C=O) groups excluding carboxylic acids is 1. The Bertz CT molecular complexity index is 461. The van der Waals surface area contributed by atoms with Gasteiger partial charge in [0.05, 0.1) is 6.61 Å². The highest BCUT2D eigenvalue weighted by atomic mass is 32.2. The molecule has 0 aliphatic heterocycles. The summed E-state index contributed by atoms with van der Waals surface area (Å²) in [5.41, 5.74) is 0. The van der Waals surface area contributed by atoms with Crippen LogP contribution in [0.5, 0.6) is 0 Å². The Labute approximate surface area is 105 Å².